The highest BCUT2D eigenvalue weighted by Crippen LogP contribution is 2.17. The van der Waals surface area contributed by atoms with Crippen molar-refractivity contribution in [3.05, 3.63) is 0 Å². The molecule has 1 N–H and O–H groups in total. The monoisotopic (exact) mass is 129 g/mol. The van der Waals surface area contributed by atoms with Gasteiger partial charge in [-0.2, -0.15) is 0 Å². The topological polar surface area (TPSA) is 12.0 Å². The highest BCUT2D eigenvalue weighted by molar-refractivity contribution is 7.80. The maximum absolute atomic E-state index is 4.86. The van der Waals surface area contributed by atoms with Crippen LogP contribution in [0.3, 0.4) is 0 Å². The van der Waals surface area contributed by atoms with Crippen molar-refractivity contribution in [1.29, 1.82) is 0 Å². The molecule has 0 radical (unpaired) electrons. The van der Waals surface area contributed by atoms with Gasteiger partial charge in [-0.3, -0.25) is 0 Å². The Balaban J connectivity index is 2.09. The fourth-order valence-electron chi connectivity index (χ4n) is 0.840. The molecule has 1 saturated carbocycles. The van der Waals surface area contributed by atoms with E-state index in [1.807, 2.05) is 6.92 Å². The molecule has 2 heteroatoms. The summed E-state index contributed by atoms with van der Waals surface area (Å²) < 4.78 is 0. The Morgan fingerprint density at radius 1 is 1.62 bits per heavy atom. The summed E-state index contributed by atoms with van der Waals surface area (Å²) in [5.41, 5.74) is 0. The maximum atomic E-state index is 4.86. The van der Waals surface area contributed by atoms with Crippen LogP contribution in [0, 0.1) is 0 Å². The summed E-state index contributed by atoms with van der Waals surface area (Å²) >= 11 is 4.86. The van der Waals surface area contributed by atoms with Gasteiger partial charge in [0.05, 0.1) is 4.99 Å². The van der Waals surface area contributed by atoms with E-state index in [0.717, 1.165) is 4.99 Å². The summed E-state index contributed by atoms with van der Waals surface area (Å²) in [4.78, 5) is 0.940. The van der Waals surface area contributed by atoms with Gasteiger partial charge < -0.3 is 5.32 Å². The Labute approximate surface area is 55.5 Å². The third-order valence-corrected chi connectivity index (χ3v) is 1.63. The van der Waals surface area contributed by atoms with E-state index in [0.29, 0.717) is 6.04 Å². The van der Waals surface area contributed by atoms with Crippen LogP contribution in [0.25, 0.3) is 0 Å². The zero-order chi connectivity index (χ0) is 5.98. The SMILES string of the molecule is CC(=S)NC1CCC1. The van der Waals surface area contributed by atoms with E-state index < -0.39 is 0 Å². The molecule has 1 aliphatic carbocycles. The van der Waals surface area contributed by atoms with E-state index in [9.17, 15) is 0 Å². The van der Waals surface area contributed by atoms with Crippen molar-refractivity contribution in [2.24, 2.45) is 0 Å². The summed E-state index contributed by atoms with van der Waals surface area (Å²) in [6, 6.07) is 0.715. The van der Waals surface area contributed by atoms with Gasteiger partial charge >= 0.3 is 0 Å². The quantitative estimate of drug-likeness (QED) is 0.538. The molecule has 1 rings (SSSR count). The molecular weight excluding hydrogens is 118 g/mol. The lowest BCUT2D eigenvalue weighted by molar-refractivity contribution is 0.385. The molecule has 0 aliphatic heterocycles. The molecule has 1 aliphatic rings. The molecule has 0 heterocycles. The first-order valence-corrected chi connectivity index (χ1v) is 3.47. The normalized spacial score (nSPS) is 19.6. The van der Waals surface area contributed by atoms with Gasteiger partial charge in [-0.05, 0) is 26.2 Å². The minimum atomic E-state index is 0.715. The summed E-state index contributed by atoms with van der Waals surface area (Å²) in [5.74, 6) is 0. The molecule has 1 nitrogen and oxygen atoms in total. The lowest BCUT2D eigenvalue weighted by Gasteiger charge is -2.26. The average molecular weight is 129 g/mol. The fourth-order valence-corrected chi connectivity index (χ4v) is 1.01. The molecule has 0 amide bonds. The fraction of sp³-hybridized carbons (Fsp3) is 0.833. The average Bonchev–Trinajstić information content (AvgIpc) is 1.55. The highest BCUT2D eigenvalue weighted by atomic mass is 32.1. The largest absolute Gasteiger partial charge is 0.377 e. The van der Waals surface area contributed by atoms with Crippen LogP contribution in [0.4, 0.5) is 0 Å². The number of rotatable bonds is 1. The van der Waals surface area contributed by atoms with Crippen molar-refractivity contribution in [3.63, 3.8) is 0 Å². The minimum absolute atomic E-state index is 0.715. The van der Waals surface area contributed by atoms with E-state index in [-0.39, 0.29) is 0 Å². The summed E-state index contributed by atoms with van der Waals surface area (Å²) in [6.07, 6.45) is 4.00. The molecule has 46 valence electrons. The standard InChI is InChI=1S/C6H11NS/c1-5(8)7-6-3-2-4-6/h6H,2-4H2,1H3,(H,7,8). The Kier molecular flexibility index (Phi) is 1.84. The molecule has 1 fully saturated rings. The van der Waals surface area contributed by atoms with Crippen molar-refractivity contribution in [1.82, 2.24) is 5.32 Å². The molecule has 0 aromatic carbocycles. The summed E-state index contributed by atoms with van der Waals surface area (Å²) in [7, 11) is 0. The van der Waals surface area contributed by atoms with Crippen LogP contribution in [-0.2, 0) is 0 Å². The van der Waals surface area contributed by atoms with Gasteiger partial charge in [-0.1, -0.05) is 12.2 Å². The Bertz CT molecular complexity index is 96.7. The minimum Gasteiger partial charge on any atom is -0.377 e. The lowest BCUT2D eigenvalue weighted by atomic mass is 9.93. The van der Waals surface area contributed by atoms with Crippen LogP contribution in [0.15, 0.2) is 0 Å². The molecule has 0 bridgehead atoms. The van der Waals surface area contributed by atoms with E-state index in [4.69, 9.17) is 12.2 Å². The van der Waals surface area contributed by atoms with Gasteiger partial charge in [0.15, 0.2) is 0 Å². The second kappa shape index (κ2) is 2.44. The predicted octanol–water partition coefficient (Wildman–Crippen LogP) is 1.48. The van der Waals surface area contributed by atoms with Crippen LogP contribution < -0.4 is 5.32 Å². The first kappa shape index (κ1) is 6.02. The van der Waals surface area contributed by atoms with Crippen molar-refractivity contribution in [3.8, 4) is 0 Å². The van der Waals surface area contributed by atoms with E-state index in [2.05, 4.69) is 5.32 Å². The van der Waals surface area contributed by atoms with Crippen molar-refractivity contribution in [2.45, 2.75) is 32.2 Å². The van der Waals surface area contributed by atoms with Crippen molar-refractivity contribution >= 4 is 17.2 Å². The third-order valence-electron chi connectivity index (χ3n) is 1.51. The van der Waals surface area contributed by atoms with Crippen LogP contribution in [0.2, 0.25) is 0 Å². The van der Waals surface area contributed by atoms with E-state index in [1.165, 1.54) is 19.3 Å². The van der Waals surface area contributed by atoms with Crippen molar-refractivity contribution in [2.75, 3.05) is 0 Å². The molecule has 0 unspecified atom stereocenters. The van der Waals surface area contributed by atoms with Crippen LogP contribution in [0.1, 0.15) is 26.2 Å². The van der Waals surface area contributed by atoms with E-state index in [1.54, 1.807) is 0 Å². The first-order valence-electron chi connectivity index (χ1n) is 3.06. The van der Waals surface area contributed by atoms with Gasteiger partial charge in [0.1, 0.15) is 0 Å². The zero-order valence-electron chi connectivity index (χ0n) is 5.11. The Hall–Kier alpha value is -0.110. The molecular formula is C6H11NS. The van der Waals surface area contributed by atoms with Gasteiger partial charge in [-0.25, -0.2) is 0 Å². The number of hydrogen-bond acceptors (Lipinski definition) is 1. The molecule has 0 atom stereocenters. The number of nitrogens with one attached hydrogen (secondary N) is 1. The second-order valence-corrected chi connectivity index (χ2v) is 2.94. The molecule has 0 spiro atoms. The second-order valence-electron chi connectivity index (χ2n) is 2.33. The highest BCUT2D eigenvalue weighted by Gasteiger charge is 2.15. The van der Waals surface area contributed by atoms with Crippen LogP contribution >= 0.6 is 12.2 Å². The third kappa shape index (κ3) is 1.44. The molecule has 8 heavy (non-hydrogen) atoms. The van der Waals surface area contributed by atoms with E-state index >= 15 is 0 Å². The van der Waals surface area contributed by atoms with Gasteiger partial charge in [0.25, 0.3) is 0 Å². The molecule has 0 aromatic heterocycles. The number of thiocarbonyl (C=S) groups is 1. The maximum Gasteiger partial charge on any atom is 0.0724 e. The Morgan fingerprint density at radius 3 is 2.38 bits per heavy atom. The Morgan fingerprint density at radius 2 is 2.25 bits per heavy atom. The number of hydrogen-bond donors (Lipinski definition) is 1. The first-order chi connectivity index (χ1) is 3.79. The van der Waals surface area contributed by atoms with Gasteiger partial charge in [-0.15, -0.1) is 0 Å². The molecule has 0 saturated heterocycles. The van der Waals surface area contributed by atoms with Gasteiger partial charge in [0, 0.05) is 6.04 Å². The molecule has 0 aromatic rings. The predicted molar refractivity (Wildman–Crippen MR) is 39.0 cm³/mol. The summed E-state index contributed by atoms with van der Waals surface area (Å²) in [6.45, 7) is 1.94. The van der Waals surface area contributed by atoms with Crippen LogP contribution in [-0.4, -0.2) is 11.0 Å². The van der Waals surface area contributed by atoms with Crippen LogP contribution in [0.5, 0.6) is 0 Å². The zero-order valence-corrected chi connectivity index (χ0v) is 5.92. The lowest BCUT2D eigenvalue weighted by Crippen LogP contribution is -2.37. The van der Waals surface area contributed by atoms with Gasteiger partial charge in [0.2, 0.25) is 0 Å². The van der Waals surface area contributed by atoms with Crippen molar-refractivity contribution < 1.29 is 0 Å². The summed E-state index contributed by atoms with van der Waals surface area (Å²) in [5, 5.41) is 3.21. The smallest absolute Gasteiger partial charge is 0.0724 e.